The number of hydrogen-bond acceptors (Lipinski definition) is 5. The van der Waals surface area contributed by atoms with E-state index in [1.807, 2.05) is 0 Å². The van der Waals surface area contributed by atoms with Gasteiger partial charge in [0.15, 0.2) is 0 Å². The number of methoxy groups -OCH3 is 3. The third kappa shape index (κ3) is 3.39. The standard InChI is InChI=1S/C12H26N2O3/c1-12(9-13,5-6-15-2)14-7-10(16-3)11(8-14)17-4/h10-11H,5-9,13H2,1-4H3. The van der Waals surface area contributed by atoms with Gasteiger partial charge in [0.1, 0.15) is 0 Å². The highest BCUT2D eigenvalue weighted by atomic mass is 16.5. The van der Waals surface area contributed by atoms with Gasteiger partial charge in [-0.1, -0.05) is 0 Å². The predicted molar refractivity (Wildman–Crippen MR) is 67.1 cm³/mol. The summed E-state index contributed by atoms with van der Waals surface area (Å²) in [5.74, 6) is 0. The first-order valence-corrected chi connectivity index (χ1v) is 6.11. The number of rotatable bonds is 7. The van der Waals surface area contributed by atoms with E-state index in [0.717, 1.165) is 26.1 Å². The fourth-order valence-electron chi connectivity index (χ4n) is 2.35. The number of hydrogen-bond donors (Lipinski definition) is 1. The molecular weight excluding hydrogens is 220 g/mol. The largest absolute Gasteiger partial charge is 0.385 e. The lowest BCUT2D eigenvalue weighted by Crippen LogP contribution is -2.51. The van der Waals surface area contributed by atoms with Crippen LogP contribution in [0.3, 0.4) is 0 Å². The lowest BCUT2D eigenvalue weighted by molar-refractivity contribution is -0.00461. The quantitative estimate of drug-likeness (QED) is 0.690. The van der Waals surface area contributed by atoms with Crippen LogP contribution in [0.5, 0.6) is 0 Å². The molecule has 0 aromatic rings. The minimum Gasteiger partial charge on any atom is -0.385 e. The van der Waals surface area contributed by atoms with Crippen molar-refractivity contribution in [2.24, 2.45) is 5.73 Å². The molecule has 1 aliphatic heterocycles. The van der Waals surface area contributed by atoms with Crippen molar-refractivity contribution in [3.63, 3.8) is 0 Å². The van der Waals surface area contributed by atoms with Crippen LogP contribution in [0.15, 0.2) is 0 Å². The summed E-state index contributed by atoms with van der Waals surface area (Å²) >= 11 is 0. The van der Waals surface area contributed by atoms with Crippen molar-refractivity contribution in [3.8, 4) is 0 Å². The molecule has 0 aromatic heterocycles. The number of nitrogens with two attached hydrogens (primary N) is 1. The average Bonchev–Trinajstić information content (AvgIpc) is 2.79. The maximum atomic E-state index is 5.92. The molecule has 1 aliphatic rings. The third-order valence-corrected chi connectivity index (χ3v) is 3.87. The smallest absolute Gasteiger partial charge is 0.0972 e. The van der Waals surface area contributed by atoms with E-state index >= 15 is 0 Å². The number of likely N-dealkylation sites (tertiary alicyclic amines) is 1. The first kappa shape index (κ1) is 14.9. The van der Waals surface area contributed by atoms with Gasteiger partial charge in [-0.25, -0.2) is 0 Å². The lowest BCUT2D eigenvalue weighted by atomic mass is 9.96. The zero-order valence-electron chi connectivity index (χ0n) is 11.4. The van der Waals surface area contributed by atoms with Crippen LogP contribution >= 0.6 is 0 Å². The van der Waals surface area contributed by atoms with Gasteiger partial charge < -0.3 is 19.9 Å². The first-order valence-electron chi connectivity index (χ1n) is 6.11. The van der Waals surface area contributed by atoms with Gasteiger partial charge >= 0.3 is 0 Å². The molecule has 0 radical (unpaired) electrons. The second kappa shape index (κ2) is 6.66. The van der Waals surface area contributed by atoms with Gasteiger partial charge in [-0.3, -0.25) is 4.90 Å². The van der Waals surface area contributed by atoms with Crippen LogP contribution in [0.2, 0.25) is 0 Å². The minimum absolute atomic E-state index is 0.0416. The molecule has 102 valence electrons. The molecule has 0 aliphatic carbocycles. The van der Waals surface area contributed by atoms with Crippen LogP contribution in [-0.2, 0) is 14.2 Å². The van der Waals surface area contributed by atoms with E-state index in [1.54, 1.807) is 21.3 Å². The van der Waals surface area contributed by atoms with Crippen LogP contribution in [0.25, 0.3) is 0 Å². The molecule has 2 N–H and O–H groups in total. The lowest BCUT2D eigenvalue weighted by Gasteiger charge is -2.38. The molecule has 0 bridgehead atoms. The first-order chi connectivity index (χ1) is 8.11. The summed E-state index contributed by atoms with van der Waals surface area (Å²) in [6, 6.07) is 0. The van der Waals surface area contributed by atoms with E-state index in [-0.39, 0.29) is 17.7 Å². The maximum absolute atomic E-state index is 5.92. The van der Waals surface area contributed by atoms with E-state index in [2.05, 4.69) is 11.8 Å². The van der Waals surface area contributed by atoms with Crippen LogP contribution in [0.4, 0.5) is 0 Å². The Kier molecular flexibility index (Phi) is 5.82. The predicted octanol–water partition coefficient (Wildman–Crippen LogP) is 0.0859. The van der Waals surface area contributed by atoms with Gasteiger partial charge in [0.25, 0.3) is 0 Å². The molecule has 5 nitrogen and oxygen atoms in total. The van der Waals surface area contributed by atoms with Crippen LogP contribution < -0.4 is 5.73 Å². The van der Waals surface area contributed by atoms with Crippen molar-refractivity contribution in [3.05, 3.63) is 0 Å². The van der Waals surface area contributed by atoms with Gasteiger partial charge in [-0.2, -0.15) is 0 Å². The van der Waals surface area contributed by atoms with E-state index in [4.69, 9.17) is 19.9 Å². The third-order valence-electron chi connectivity index (χ3n) is 3.87. The molecule has 0 spiro atoms. The molecular formula is C12H26N2O3. The van der Waals surface area contributed by atoms with Crippen LogP contribution in [0, 0.1) is 0 Å². The fourth-order valence-corrected chi connectivity index (χ4v) is 2.35. The molecule has 0 saturated carbocycles. The molecule has 17 heavy (non-hydrogen) atoms. The second-order valence-electron chi connectivity index (χ2n) is 4.90. The van der Waals surface area contributed by atoms with Crippen LogP contribution in [0.1, 0.15) is 13.3 Å². The summed E-state index contributed by atoms with van der Waals surface area (Å²) in [6.07, 6.45) is 1.19. The zero-order valence-corrected chi connectivity index (χ0v) is 11.4. The fraction of sp³-hybridized carbons (Fsp3) is 1.00. The molecule has 3 unspecified atom stereocenters. The van der Waals surface area contributed by atoms with Crippen molar-refractivity contribution >= 4 is 0 Å². The van der Waals surface area contributed by atoms with Gasteiger partial charge in [-0.15, -0.1) is 0 Å². The van der Waals surface area contributed by atoms with Crippen LogP contribution in [-0.4, -0.2) is 70.2 Å². The minimum atomic E-state index is -0.0416. The van der Waals surface area contributed by atoms with Crippen molar-refractivity contribution in [2.75, 3.05) is 47.6 Å². The Balaban J connectivity index is 2.64. The van der Waals surface area contributed by atoms with Crippen molar-refractivity contribution in [2.45, 2.75) is 31.1 Å². The maximum Gasteiger partial charge on any atom is 0.0972 e. The second-order valence-corrected chi connectivity index (χ2v) is 4.90. The number of nitrogens with zero attached hydrogens (tertiary/aromatic N) is 1. The normalized spacial score (nSPS) is 29.5. The Labute approximate surface area is 104 Å². The van der Waals surface area contributed by atoms with E-state index < -0.39 is 0 Å². The van der Waals surface area contributed by atoms with E-state index in [9.17, 15) is 0 Å². The van der Waals surface area contributed by atoms with Gasteiger partial charge in [0.2, 0.25) is 0 Å². The Bertz CT molecular complexity index is 216. The Morgan fingerprint density at radius 3 is 2.06 bits per heavy atom. The van der Waals surface area contributed by atoms with E-state index in [1.165, 1.54) is 0 Å². The van der Waals surface area contributed by atoms with Gasteiger partial charge in [0, 0.05) is 53.1 Å². The SMILES string of the molecule is COCCC(C)(CN)N1CC(OC)C(OC)C1. The van der Waals surface area contributed by atoms with Gasteiger partial charge in [-0.05, 0) is 13.3 Å². The summed E-state index contributed by atoms with van der Waals surface area (Å²) in [4.78, 5) is 2.36. The molecule has 1 rings (SSSR count). The average molecular weight is 246 g/mol. The van der Waals surface area contributed by atoms with Crippen molar-refractivity contribution in [1.82, 2.24) is 4.90 Å². The Morgan fingerprint density at radius 1 is 1.18 bits per heavy atom. The van der Waals surface area contributed by atoms with Crippen molar-refractivity contribution < 1.29 is 14.2 Å². The molecule has 1 saturated heterocycles. The number of ether oxygens (including phenoxy) is 3. The molecule has 0 aromatic carbocycles. The Hall–Kier alpha value is -0.200. The summed E-state index contributed by atoms with van der Waals surface area (Å²) < 4.78 is 16.1. The summed E-state index contributed by atoms with van der Waals surface area (Å²) in [7, 11) is 5.18. The molecule has 0 amide bonds. The topological polar surface area (TPSA) is 57.0 Å². The molecule has 1 heterocycles. The Morgan fingerprint density at radius 2 is 1.71 bits per heavy atom. The summed E-state index contributed by atoms with van der Waals surface area (Å²) in [5, 5.41) is 0. The summed E-state index contributed by atoms with van der Waals surface area (Å²) in [5.41, 5.74) is 5.88. The van der Waals surface area contributed by atoms with Crippen molar-refractivity contribution in [1.29, 1.82) is 0 Å². The molecule has 1 fully saturated rings. The zero-order chi connectivity index (χ0) is 12.9. The van der Waals surface area contributed by atoms with Gasteiger partial charge in [0.05, 0.1) is 12.2 Å². The molecule has 3 atom stereocenters. The molecule has 5 heteroatoms. The monoisotopic (exact) mass is 246 g/mol. The highest BCUT2D eigenvalue weighted by molar-refractivity contribution is 4.96. The summed E-state index contributed by atoms with van der Waals surface area (Å²) in [6.45, 7) is 5.25. The van der Waals surface area contributed by atoms with E-state index in [0.29, 0.717) is 6.54 Å². The highest BCUT2D eigenvalue weighted by Crippen LogP contribution is 2.26. The highest BCUT2D eigenvalue weighted by Gasteiger charge is 2.41.